The van der Waals surface area contributed by atoms with Crippen LogP contribution in [0.1, 0.15) is 27.7 Å². The van der Waals surface area contributed by atoms with Crippen LogP contribution in [0, 0.1) is 0 Å². The first-order valence-electron chi connectivity index (χ1n) is 4.77. The second kappa shape index (κ2) is 5.62. The maximum absolute atomic E-state index is 11.5. The zero-order chi connectivity index (χ0) is 10.4. The number of carbonyl (C=O) groups excluding carboxylic acids is 1. The number of likely N-dealkylation sites (N-methyl/N-ethyl adjacent to an activating group) is 1. The molecule has 0 unspecified atom stereocenters. The van der Waals surface area contributed by atoms with Gasteiger partial charge in [0, 0.05) is 19.1 Å². The molecule has 13 heavy (non-hydrogen) atoms. The molecule has 0 aromatic heterocycles. The first-order chi connectivity index (χ1) is 6.02. The summed E-state index contributed by atoms with van der Waals surface area (Å²) in [4.78, 5) is 13.4. The van der Waals surface area contributed by atoms with Crippen molar-refractivity contribution in [3.05, 3.63) is 12.3 Å². The number of hydrogen-bond acceptors (Lipinski definition) is 2. The van der Waals surface area contributed by atoms with E-state index in [2.05, 4.69) is 11.9 Å². The summed E-state index contributed by atoms with van der Waals surface area (Å²) in [6, 6.07) is 0.166. The Bertz CT molecular complexity index is 183. The maximum Gasteiger partial charge on any atom is 0.267 e. The summed E-state index contributed by atoms with van der Waals surface area (Å²) in [5, 5.41) is 2.81. The average molecular weight is 184 g/mol. The van der Waals surface area contributed by atoms with E-state index in [1.54, 1.807) is 0 Å². The molecule has 76 valence electrons. The summed E-state index contributed by atoms with van der Waals surface area (Å²) in [6.45, 7) is 13.3. The van der Waals surface area contributed by atoms with Crippen LogP contribution in [-0.2, 0) is 4.79 Å². The fourth-order valence-corrected chi connectivity index (χ4v) is 1.09. The van der Waals surface area contributed by atoms with Crippen molar-refractivity contribution in [2.45, 2.75) is 33.7 Å². The minimum atomic E-state index is -0.0706. The molecule has 1 N–H and O–H groups in total. The number of nitrogens with one attached hydrogen (secondary N) is 1. The van der Waals surface area contributed by atoms with Gasteiger partial charge < -0.3 is 10.2 Å². The van der Waals surface area contributed by atoms with E-state index < -0.39 is 0 Å². The Balaban J connectivity index is 4.16. The Morgan fingerprint density at radius 2 is 1.85 bits per heavy atom. The van der Waals surface area contributed by atoms with E-state index in [4.69, 9.17) is 0 Å². The fourth-order valence-electron chi connectivity index (χ4n) is 1.09. The van der Waals surface area contributed by atoms with Gasteiger partial charge in [-0.15, -0.1) is 0 Å². The van der Waals surface area contributed by atoms with Gasteiger partial charge in [-0.05, 0) is 27.7 Å². The Labute approximate surface area is 80.8 Å². The Kier molecular flexibility index (Phi) is 5.19. The van der Waals surface area contributed by atoms with Crippen molar-refractivity contribution in [3.63, 3.8) is 0 Å². The lowest BCUT2D eigenvalue weighted by atomic mass is 10.3. The fraction of sp³-hybridized carbons (Fsp3) is 0.700. The molecule has 0 radical (unpaired) electrons. The zero-order valence-electron chi connectivity index (χ0n) is 9.05. The zero-order valence-corrected chi connectivity index (χ0v) is 9.05. The highest BCUT2D eigenvalue weighted by molar-refractivity contribution is 5.92. The Morgan fingerprint density at radius 1 is 1.38 bits per heavy atom. The van der Waals surface area contributed by atoms with Gasteiger partial charge in [-0.25, -0.2) is 0 Å². The summed E-state index contributed by atoms with van der Waals surface area (Å²) < 4.78 is 0. The van der Waals surface area contributed by atoms with Gasteiger partial charge in [-0.2, -0.15) is 0 Å². The van der Waals surface area contributed by atoms with Gasteiger partial charge in [0.2, 0.25) is 0 Å². The third-order valence-corrected chi connectivity index (χ3v) is 1.83. The minimum absolute atomic E-state index is 0.0706. The first kappa shape index (κ1) is 12.0. The summed E-state index contributed by atoms with van der Waals surface area (Å²) in [7, 11) is 0. The largest absolute Gasteiger partial charge is 0.368 e. The Hall–Kier alpha value is -0.990. The van der Waals surface area contributed by atoms with Crippen LogP contribution in [0.25, 0.3) is 0 Å². The van der Waals surface area contributed by atoms with Crippen molar-refractivity contribution in [1.82, 2.24) is 10.2 Å². The molecule has 0 heterocycles. The van der Waals surface area contributed by atoms with Crippen molar-refractivity contribution in [3.8, 4) is 0 Å². The molecular weight excluding hydrogens is 164 g/mol. The molecule has 0 fully saturated rings. The molecular formula is C10H20N2O. The summed E-state index contributed by atoms with van der Waals surface area (Å²) in [6.07, 6.45) is 0. The van der Waals surface area contributed by atoms with Crippen molar-refractivity contribution in [1.29, 1.82) is 0 Å². The molecule has 0 rings (SSSR count). The van der Waals surface area contributed by atoms with E-state index in [0.717, 1.165) is 13.1 Å². The van der Waals surface area contributed by atoms with E-state index in [9.17, 15) is 4.79 Å². The van der Waals surface area contributed by atoms with Crippen LogP contribution in [0.2, 0.25) is 0 Å². The lowest BCUT2D eigenvalue weighted by Crippen LogP contribution is -2.37. The van der Waals surface area contributed by atoms with Gasteiger partial charge in [0.05, 0.1) is 5.70 Å². The Morgan fingerprint density at radius 3 is 2.15 bits per heavy atom. The normalized spacial score (nSPS) is 9.92. The molecule has 0 saturated carbocycles. The van der Waals surface area contributed by atoms with Crippen LogP contribution in [0.15, 0.2) is 12.3 Å². The van der Waals surface area contributed by atoms with Crippen LogP contribution < -0.4 is 5.32 Å². The van der Waals surface area contributed by atoms with Gasteiger partial charge in [0.1, 0.15) is 0 Å². The van der Waals surface area contributed by atoms with Crippen LogP contribution in [0.4, 0.5) is 0 Å². The van der Waals surface area contributed by atoms with E-state index in [1.807, 2.05) is 32.6 Å². The molecule has 0 aromatic carbocycles. The van der Waals surface area contributed by atoms with Crippen LogP contribution in [-0.4, -0.2) is 29.9 Å². The van der Waals surface area contributed by atoms with Crippen molar-refractivity contribution in [2.24, 2.45) is 0 Å². The minimum Gasteiger partial charge on any atom is -0.368 e. The second-order valence-electron chi connectivity index (χ2n) is 3.25. The van der Waals surface area contributed by atoms with Gasteiger partial charge in [0.25, 0.3) is 5.91 Å². The first-order valence-corrected chi connectivity index (χ1v) is 4.77. The predicted molar refractivity (Wildman–Crippen MR) is 55.3 cm³/mol. The lowest BCUT2D eigenvalue weighted by Gasteiger charge is -2.23. The smallest absolute Gasteiger partial charge is 0.267 e. The quantitative estimate of drug-likeness (QED) is 0.654. The molecule has 3 heteroatoms. The molecule has 1 amide bonds. The number of carbonyl (C=O) groups is 1. The second-order valence-corrected chi connectivity index (χ2v) is 3.25. The summed E-state index contributed by atoms with van der Waals surface area (Å²) >= 11 is 0. The highest BCUT2D eigenvalue weighted by Gasteiger charge is 2.12. The van der Waals surface area contributed by atoms with Crippen LogP contribution in [0.3, 0.4) is 0 Å². The van der Waals surface area contributed by atoms with Crippen molar-refractivity contribution in [2.75, 3.05) is 13.1 Å². The van der Waals surface area contributed by atoms with Crippen LogP contribution in [0.5, 0.6) is 0 Å². The molecule has 0 bridgehead atoms. The van der Waals surface area contributed by atoms with E-state index in [-0.39, 0.29) is 11.9 Å². The highest BCUT2D eigenvalue weighted by atomic mass is 16.2. The van der Waals surface area contributed by atoms with Crippen molar-refractivity contribution < 1.29 is 4.79 Å². The van der Waals surface area contributed by atoms with Crippen molar-refractivity contribution >= 4 is 5.91 Å². The number of nitrogens with zero attached hydrogens (tertiary/aromatic N) is 1. The molecule has 0 spiro atoms. The molecule has 0 aliphatic heterocycles. The predicted octanol–water partition coefficient (Wildman–Crippen LogP) is 1.37. The van der Waals surface area contributed by atoms with E-state index >= 15 is 0 Å². The lowest BCUT2D eigenvalue weighted by molar-refractivity contribution is -0.119. The van der Waals surface area contributed by atoms with Crippen LogP contribution >= 0.6 is 0 Å². The van der Waals surface area contributed by atoms with E-state index in [0.29, 0.717) is 5.70 Å². The summed E-state index contributed by atoms with van der Waals surface area (Å²) in [5.74, 6) is -0.0706. The summed E-state index contributed by atoms with van der Waals surface area (Å²) in [5.41, 5.74) is 0.554. The number of rotatable bonds is 5. The third-order valence-electron chi connectivity index (χ3n) is 1.83. The van der Waals surface area contributed by atoms with E-state index in [1.165, 1.54) is 0 Å². The third kappa shape index (κ3) is 3.97. The number of hydrogen-bond donors (Lipinski definition) is 1. The highest BCUT2D eigenvalue weighted by Crippen LogP contribution is 2.00. The number of amides is 1. The monoisotopic (exact) mass is 184 g/mol. The van der Waals surface area contributed by atoms with Gasteiger partial charge >= 0.3 is 0 Å². The molecule has 0 aromatic rings. The molecule has 0 atom stereocenters. The van der Waals surface area contributed by atoms with Gasteiger partial charge in [-0.1, -0.05) is 6.58 Å². The molecule has 0 aliphatic rings. The average Bonchev–Trinajstić information content (AvgIpc) is 2.05. The molecule has 0 saturated heterocycles. The standard InChI is InChI=1S/C10H20N2O/c1-6-12(7-2)9(5)10(13)11-8(3)4/h8H,5-7H2,1-4H3,(H,11,13). The van der Waals surface area contributed by atoms with Gasteiger partial charge in [-0.3, -0.25) is 4.79 Å². The van der Waals surface area contributed by atoms with Gasteiger partial charge in [0.15, 0.2) is 0 Å². The topological polar surface area (TPSA) is 32.3 Å². The molecule has 0 aliphatic carbocycles. The maximum atomic E-state index is 11.5. The molecule has 3 nitrogen and oxygen atoms in total. The SMILES string of the molecule is C=C(C(=O)NC(C)C)N(CC)CC.